The maximum atomic E-state index is 12.0. The number of carbonyl (C=O) groups excluding carboxylic acids is 1. The van der Waals surface area contributed by atoms with Gasteiger partial charge in [-0.3, -0.25) is 9.59 Å². The highest BCUT2D eigenvalue weighted by Crippen LogP contribution is 2.24. The quantitative estimate of drug-likeness (QED) is 0.556. The summed E-state index contributed by atoms with van der Waals surface area (Å²) in [4.78, 5) is 29.2. The van der Waals surface area contributed by atoms with Crippen LogP contribution >= 0.6 is 11.8 Å². The van der Waals surface area contributed by atoms with E-state index >= 15 is 0 Å². The Bertz CT molecular complexity index is 777. The van der Waals surface area contributed by atoms with E-state index in [0.29, 0.717) is 5.69 Å². The molecule has 0 aliphatic carbocycles. The van der Waals surface area contributed by atoms with Crippen LogP contribution in [0, 0.1) is 0 Å². The van der Waals surface area contributed by atoms with E-state index < -0.39 is 23.6 Å². The van der Waals surface area contributed by atoms with Gasteiger partial charge < -0.3 is 20.8 Å². The maximum absolute atomic E-state index is 12.0. The summed E-state index contributed by atoms with van der Waals surface area (Å²) in [6.45, 7) is 0. The number of H-pyrrole nitrogens is 1. The van der Waals surface area contributed by atoms with Crippen LogP contribution in [0.5, 0.6) is 5.75 Å². The predicted octanol–water partition coefficient (Wildman–Crippen LogP) is 1.98. The number of nitrogens with one attached hydrogen (secondary N) is 2. The lowest BCUT2D eigenvalue weighted by atomic mass is 10.3. The molecule has 0 bridgehead atoms. The molecule has 0 fully saturated rings. The summed E-state index contributed by atoms with van der Waals surface area (Å²) in [6, 6.07) is 5.80. The highest BCUT2D eigenvalue weighted by molar-refractivity contribution is 7.99. The summed E-state index contributed by atoms with van der Waals surface area (Å²) in [6.07, 6.45) is -4.77. The van der Waals surface area contributed by atoms with E-state index in [2.05, 4.69) is 20.0 Å². The number of aromatic nitrogens is 2. The summed E-state index contributed by atoms with van der Waals surface area (Å²) in [5.74, 6) is -0.874. The minimum Gasteiger partial charge on any atom is -0.406 e. The molecule has 2 rings (SSSR count). The zero-order valence-electron chi connectivity index (χ0n) is 11.9. The van der Waals surface area contributed by atoms with E-state index in [4.69, 9.17) is 5.73 Å². The van der Waals surface area contributed by atoms with Crippen molar-refractivity contribution in [3.8, 4) is 5.75 Å². The third-order valence-electron chi connectivity index (χ3n) is 2.45. The van der Waals surface area contributed by atoms with Gasteiger partial charge in [0.25, 0.3) is 5.56 Å². The van der Waals surface area contributed by atoms with Gasteiger partial charge in [0, 0.05) is 11.8 Å². The van der Waals surface area contributed by atoms with Gasteiger partial charge in [-0.05, 0) is 24.3 Å². The van der Waals surface area contributed by atoms with Gasteiger partial charge in [-0.2, -0.15) is 0 Å². The van der Waals surface area contributed by atoms with Crippen molar-refractivity contribution in [1.82, 2.24) is 9.97 Å². The molecule has 1 amide bonds. The normalized spacial score (nSPS) is 11.1. The Morgan fingerprint density at radius 2 is 2.00 bits per heavy atom. The first-order chi connectivity index (χ1) is 11.2. The summed E-state index contributed by atoms with van der Waals surface area (Å²) in [5.41, 5.74) is 5.27. The van der Waals surface area contributed by atoms with Crippen LogP contribution in [0.2, 0.25) is 0 Å². The average molecular weight is 360 g/mol. The van der Waals surface area contributed by atoms with Gasteiger partial charge >= 0.3 is 6.36 Å². The van der Waals surface area contributed by atoms with Crippen molar-refractivity contribution in [1.29, 1.82) is 0 Å². The van der Waals surface area contributed by atoms with Crippen molar-refractivity contribution in [2.45, 2.75) is 11.5 Å². The van der Waals surface area contributed by atoms with Gasteiger partial charge in [0.05, 0.1) is 5.75 Å². The Kier molecular flexibility index (Phi) is 5.34. The monoisotopic (exact) mass is 360 g/mol. The molecular formula is C13H11F3N4O3S. The third-order valence-corrected chi connectivity index (χ3v) is 3.32. The maximum Gasteiger partial charge on any atom is 0.573 e. The fourth-order valence-electron chi connectivity index (χ4n) is 1.59. The van der Waals surface area contributed by atoms with Gasteiger partial charge in [0.2, 0.25) is 5.91 Å². The molecule has 0 atom stereocenters. The summed E-state index contributed by atoms with van der Waals surface area (Å²) >= 11 is 0.955. The molecule has 0 saturated heterocycles. The smallest absolute Gasteiger partial charge is 0.406 e. The Morgan fingerprint density at radius 1 is 1.33 bits per heavy atom. The number of carbonyl (C=O) groups is 1. The minimum atomic E-state index is -4.77. The van der Waals surface area contributed by atoms with Crippen LogP contribution in [-0.2, 0) is 4.79 Å². The first-order valence-corrected chi connectivity index (χ1v) is 7.35. The number of halogens is 3. The molecule has 11 heteroatoms. The average Bonchev–Trinajstić information content (AvgIpc) is 2.45. The van der Waals surface area contributed by atoms with Crippen LogP contribution in [-0.4, -0.2) is 28.0 Å². The van der Waals surface area contributed by atoms with Gasteiger partial charge in [-0.15, -0.1) is 13.2 Å². The van der Waals surface area contributed by atoms with Crippen molar-refractivity contribution in [2.75, 3.05) is 16.8 Å². The van der Waals surface area contributed by atoms with Crippen molar-refractivity contribution in [3.63, 3.8) is 0 Å². The molecular weight excluding hydrogens is 349 g/mol. The number of anilines is 2. The van der Waals surface area contributed by atoms with E-state index in [9.17, 15) is 22.8 Å². The topological polar surface area (TPSA) is 110 Å². The number of nitrogen functional groups attached to an aromatic ring is 1. The lowest BCUT2D eigenvalue weighted by molar-refractivity contribution is -0.274. The highest BCUT2D eigenvalue weighted by Gasteiger charge is 2.30. The van der Waals surface area contributed by atoms with Gasteiger partial charge in [-0.1, -0.05) is 11.8 Å². The van der Waals surface area contributed by atoms with Crippen LogP contribution < -0.4 is 21.3 Å². The van der Waals surface area contributed by atoms with E-state index in [0.717, 1.165) is 30.0 Å². The Morgan fingerprint density at radius 3 is 2.58 bits per heavy atom. The third kappa shape index (κ3) is 5.83. The summed E-state index contributed by atoms with van der Waals surface area (Å²) < 4.78 is 39.8. The standard InChI is InChI=1S/C13H11F3N4O3S/c14-13(15,16)23-8-3-1-7(2-4-8)18-11(22)6-24-12-19-9(17)5-10(21)20-12/h1-5H,6H2,(H,18,22)(H3,17,19,20,21). The van der Waals surface area contributed by atoms with Crippen LogP contribution in [0.1, 0.15) is 0 Å². The van der Waals surface area contributed by atoms with Crippen LogP contribution in [0.3, 0.4) is 0 Å². The number of benzene rings is 1. The fraction of sp³-hybridized carbons (Fsp3) is 0.154. The van der Waals surface area contributed by atoms with E-state index in [-0.39, 0.29) is 16.7 Å². The van der Waals surface area contributed by atoms with Gasteiger partial charge in [0.15, 0.2) is 5.16 Å². The zero-order chi connectivity index (χ0) is 17.7. The molecule has 2 aromatic rings. The van der Waals surface area contributed by atoms with Crippen molar-refractivity contribution in [2.24, 2.45) is 0 Å². The number of amides is 1. The van der Waals surface area contributed by atoms with Gasteiger partial charge in [-0.25, -0.2) is 4.98 Å². The molecule has 128 valence electrons. The zero-order valence-corrected chi connectivity index (χ0v) is 12.7. The largest absolute Gasteiger partial charge is 0.573 e. The lowest BCUT2D eigenvalue weighted by Gasteiger charge is -2.09. The Hall–Kier alpha value is -2.69. The molecule has 0 unspecified atom stereocenters. The van der Waals surface area contributed by atoms with E-state index in [1.54, 1.807) is 0 Å². The van der Waals surface area contributed by atoms with Crippen molar-refractivity contribution >= 4 is 29.2 Å². The second-order valence-electron chi connectivity index (χ2n) is 4.38. The number of thioether (sulfide) groups is 1. The highest BCUT2D eigenvalue weighted by atomic mass is 32.2. The first kappa shape index (κ1) is 17.7. The molecule has 1 heterocycles. The lowest BCUT2D eigenvalue weighted by Crippen LogP contribution is -2.17. The molecule has 0 spiro atoms. The minimum absolute atomic E-state index is 0.0295. The number of aromatic amines is 1. The van der Waals surface area contributed by atoms with Crippen molar-refractivity contribution < 1.29 is 22.7 Å². The molecule has 1 aromatic heterocycles. The number of nitrogens with zero attached hydrogens (tertiary/aromatic N) is 1. The van der Waals surface area contributed by atoms with Crippen LogP contribution in [0.25, 0.3) is 0 Å². The van der Waals surface area contributed by atoms with Crippen LogP contribution in [0.15, 0.2) is 40.3 Å². The molecule has 7 nitrogen and oxygen atoms in total. The summed E-state index contributed by atoms with van der Waals surface area (Å²) in [5, 5.41) is 2.67. The van der Waals surface area contributed by atoms with Crippen LogP contribution in [0.4, 0.5) is 24.7 Å². The second kappa shape index (κ2) is 7.25. The number of rotatable bonds is 5. The number of nitrogens with two attached hydrogens (primary N) is 1. The number of alkyl halides is 3. The Balaban J connectivity index is 1.89. The van der Waals surface area contributed by atoms with E-state index in [1.807, 2.05) is 0 Å². The predicted molar refractivity (Wildman–Crippen MR) is 81.7 cm³/mol. The molecule has 4 N–H and O–H groups in total. The van der Waals surface area contributed by atoms with Gasteiger partial charge in [0.1, 0.15) is 11.6 Å². The summed E-state index contributed by atoms with van der Waals surface area (Å²) in [7, 11) is 0. The first-order valence-electron chi connectivity index (χ1n) is 6.36. The second-order valence-corrected chi connectivity index (χ2v) is 5.35. The molecule has 1 aromatic carbocycles. The Labute approximate surface area is 137 Å². The molecule has 24 heavy (non-hydrogen) atoms. The molecule has 0 aliphatic rings. The SMILES string of the molecule is Nc1cc(=O)[nH]c(SCC(=O)Nc2ccc(OC(F)(F)F)cc2)n1. The molecule has 0 radical (unpaired) electrons. The number of hydrogen-bond donors (Lipinski definition) is 3. The fourth-order valence-corrected chi connectivity index (χ4v) is 2.28. The number of ether oxygens (including phenoxy) is 1. The van der Waals surface area contributed by atoms with Crippen molar-refractivity contribution in [3.05, 3.63) is 40.7 Å². The molecule has 0 aliphatic heterocycles. The molecule has 0 saturated carbocycles. The number of hydrogen-bond acceptors (Lipinski definition) is 6. The van der Waals surface area contributed by atoms with E-state index in [1.165, 1.54) is 12.1 Å².